The van der Waals surface area contributed by atoms with Gasteiger partial charge >= 0.3 is 0 Å². The maximum atomic E-state index is 12.9. The van der Waals surface area contributed by atoms with Crippen LogP contribution >= 0.6 is 12.2 Å². The average Bonchev–Trinajstić information content (AvgIpc) is 3.42. The van der Waals surface area contributed by atoms with Crippen molar-refractivity contribution < 1.29 is 9.53 Å². The van der Waals surface area contributed by atoms with Gasteiger partial charge in [0.15, 0.2) is 4.77 Å². The lowest BCUT2D eigenvalue weighted by atomic mass is 10.1. The number of fused-ring (bicyclic) bond motifs is 2. The lowest BCUT2D eigenvalue weighted by Gasteiger charge is -2.13. The summed E-state index contributed by atoms with van der Waals surface area (Å²) in [5.41, 5.74) is 4.35. The summed E-state index contributed by atoms with van der Waals surface area (Å²) >= 11 is 5.41. The normalized spacial score (nSPS) is 17.9. The van der Waals surface area contributed by atoms with Crippen LogP contribution in [0.5, 0.6) is 0 Å². The molecule has 2 aromatic carbocycles. The van der Waals surface area contributed by atoms with Crippen LogP contribution in [0.4, 0.5) is 5.69 Å². The van der Waals surface area contributed by atoms with Gasteiger partial charge in [-0.25, -0.2) is 0 Å². The van der Waals surface area contributed by atoms with Crippen molar-refractivity contribution in [1.29, 1.82) is 0 Å². The number of aromatic nitrogens is 2. The van der Waals surface area contributed by atoms with Crippen molar-refractivity contribution >= 4 is 34.7 Å². The third-order valence-electron chi connectivity index (χ3n) is 6.01. The van der Waals surface area contributed by atoms with Crippen LogP contribution < -0.4 is 10.9 Å². The van der Waals surface area contributed by atoms with Gasteiger partial charge in [0.1, 0.15) is 0 Å². The Morgan fingerprint density at radius 2 is 2.03 bits per heavy atom. The monoisotopic (exact) mass is 421 g/mol. The van der Waals surface area contributed by atoms with Crippen molar-refractivity contribution in [1.82, 2.24) is 9.55 Å². The predicted octanol–water partition coefficient (Wildman–Crippen LogP) is 3.98. The Morgan fingerprint density at radius 1 is 1.17 bits per heavy atom. The van der Waals surface area contributed by atoms with Crippen LogP contribution in [-0.2, 0) is 24.1 Å². The molecular weight excluding hydrogens is 398 g/mol. The van der Waals surface area contributed by atoms with E-state index in [1.54, 1.807) is 22.8 Å². The summed E-state index contributed by atoms with van der Waals surface area (Å²) in [6, 6.07) is 11.1. The number of nitrogens with one attached hydrogen (secondary N) is 2. The predicted molar refractivity (Wildman–Crippen MR) is 119 cm³/mol. The van der Waals surface area contributed by atoms with Gasteiger partial charge in [0.2, 0.25) is 0 Å². The van der Waals surface area contributed by atoms with E-state index in [1.165, 1.54) is 17.5 Å². The van der Waals surface area contributed by atoms with Crippen LogP contribution in [0.15, 0.2) is 41.2 Å². The molecule has 154 valence electrons. The highest BCUT2D eigenvalue weighted by Gasteiger charge is 2.19. The standard InChI is InChI=1S/C23H23N3O3S/c27-21(24-17-8-6-14-3-1-4-15(14)11-17)16-7-9-19-20(12-16)25-23(30)26(22(19)28)13-18-5-2-10-29-18/h6-9,11-12,18H,1-5,10,13H2,(H,24,27)(H,25,30). The summed E-state index contributed by atoms with van der Waals surface area (Å²) in [4.78, 5) is 28.8. The first-order valence-electron chi connectivity index (χ1n) is 10.4. The second-order valence-corrected chi connectivity index (χ2v) is 8.42. The van der Waals surface area contributed by atoms with Crippen molar-refractivity contribution in [3.63, 3.8) is 0 Å². The summed E-state index contributed by atoms with van der Waals surface area (Å²) < 4.78 is 7.54. The van der Waals surface area contributed by atoms with Gasteiger partial charge in [-0.15, -0.1) is 0 Å². The molecule has 1 atom stereocenters. The minimum atomic E-state index is -0.210. The Balaban J connectivity index is 1.42. The molecule has 1 aliphatic carbocycles. The number of rotatable bonds is 4. The number of nitrogens with zero attached hydrogens (tertiary/aromatic N) is 1. The first-order chi connectivity index (χ1) is 14.6. The zero-order valence-electron chi connectivity index (χ0n) is 16.6. The molecule has 1 saturated heterocycles. The van der Waals surface area contributed by atoms with Crippen molar-refractivity contribution in [2.24, 2.45) is 0 Å². The van der Waals surface area contributed by atoms with E-state index < -0.39 is 0 Å². The summed E-state index contributed by atoms with van der Waals surface area (Å²) in [5, 5.41) is 3.47. The Hall–Kier alpha value is -2.77. The number of H-pyrrole nitrogens is 1. The molecule has 7 heteroatoms. The third kappa shape index (κ3) is 3.59. The number of ether oxygens (including phenoxy) is 1. The maximum absolute atomic E-state index is 12.9. The third-order valence-corrected chi connectivity index (χ3v) is 6.33. The molecule has 0 spiro atoms. The first-order valence-corrected chi connectivity index (χ1v) is 10.8. The molecule has 0 bridgehead atoms. The van der Waals surface area contributed by atoms with E-state index in [9.17, 15) is 9.59 Å². The molecule has 2 heterocycles. The van der Waals surface area contributed by atoms with Crippen LogP contribution in [0.1, 0.15) is 40.7 Å². The number of amides is 1. The van der Waals surface area contributed by atoms with E-state index >= 15 is 0 Å². The molecule has 6 nitrogen and oxygen atoms in total. The number of carbonyl (C=O) groups is 1. The van der Waals surface area contributed by atoms with Crippen LogP contribution in [0.2, 0.25) is 0 Å². The summed E-state index contributed by atoms with van der Waals surface area (Å²) in [5.74, 6) is -0.210. The zero-order chi connectivity index (χ0) is 20.7. The van der Waals surface area contributed by atoms with Crippen molar-refractivity contribution in [3.05, 3.63) is 68.2 Å². The number of aromatic amines is 1. The molecule has 1 unspecified atom stereocenters. The molecule has 1 aliphatic heterocycles. The topological polar surface area (TPSA) is 76.1 Å². The van der Waals surface area contributed by atoms with Gasteiger partial charge in [-0.1, -0.05) is 6.07 Å². The summed E-state index contributed by atoms with van der Waals surface area (Å²) in [7, 11) is 0. The van der Waals surface area contributed by atoms with Crippen LogP contribution in [0, 0.1) is 4.77 Å². The molecule has 5 rings (SSSR count). The number of aryl methyl sites for hydroxylation is 2. The Kier molecular flexibility index (Phi) is 5.00. The van der Waals surface area contributed by atoms with E-state index in [2.05, 4.69) is 22.4 Å². The van der Waals surface area contributed by atoms with E-state index in [0.717, 1.165) is 38.0 Å². The Morgan fingerprint density at radius 3 is 2.87 bits per heavy atom. The van der Waals surface area contributed by atoms with Gasteiger partial charge < -0.3 is 15.0 Å². The van der Waals surface area contributed by atoms with Gasteiger partial charge in [-0.05, 0) is 85.8 Å². The van der Waals surface area contributed by atoms with Crippen LogP contribution in [0.3, 0.4) is 0 Å². The molecule has 2 N–H and O–H groups in total. The van der Waals surface area contributed by atoms with Crippen molar-refractivity contribution in [2.45, 2.75) is 44.8 Å². The van der Waals surface area contributed by atoms with E-state index in [4.69, 9.17) is 17.0 Å². The first kappa shape index (κ1) is 19.2. The fourth-order valence-corrected chi connectivity index (χ4v) is 4.67. The lowest BCUT2D eigenvalue weighted by Crippen LogP contribution is -2.28. The van der Waals surface area contributed by atoms with Gasteiger partial charge in [0.25, 0.3) is 11.5 Å². The number of carbonyl (C=O) groups excluding carboxylic acids is 1. The highest BCUT2D eigenvalue weighted by Crippen LogP contribution is 2.25. The molecule has 0 radical (unpaired) electrons. The number of hydrogen-bond acceptors (Lipinski definition) is 4. The van der Waals surface area contributed by atoms with Crippen LogP contribution in [-0.4, -0.2) is 28.2 Å². The molecule has 0 saturated carbocycles. The highest BCUT2D eigenvalue weighted by atomic mass is 32.1. The smallest absolute Gasteiger partial charge is 0.262 e. The van der Waals surface area contributed by atoms with Crippen molar-refractivity contribution in [3.8, 4) is 0 Å². The molecule has 1 fully saturated rings. The number of anilines is 1. The number of benzene rings is 2. The second kappa shape index (κ2) is 7.81. The number of hydrogen-bond donors (Lipinski definition) is 2. The van der Waals surface area contributed by atoms with Gasteiger partial charge in [-0.3, -0.25) is 14.2 Å². The van der Waals surface area contributed by atoms with E-state index in [0.29, 0.717) is 27.8 Å². The van der Waals surface area contributed by atoms with E-state index in [-0.39, 0.29) is 17.6 Å². The molecule has 30 heavy (non-hydrogen) atoms. The van der Waals surface area contributed by atoms with E-state index in [1.807, 2.05) is 6.07 Å². The SMILES string of the molecule is O=C(Nc1ccc2c(c1)CCC2)c1ccc2c(=O)n(CC3CCCO3)c(=S)[nH]c2c1. The van der Waals surface area contributed by atoms with Gasteiger partial charge in [0, 0.05) is 17.9 Å². The van der Waals surface area contributed by atoms with Crippen molar-refractivity contribution in [2.75, 3.05) is 11.9 Å². The fraction of sp³-hybridized carbons (Fsp3) is 0.348. The molecule has 2 aliphatic rings. The average molecular weight is 422 g/mol. The van der Waals surface area contributed by atoms with Gasteiger partial charge in [-0.2, -0.15) is 0 Å². The fourth-order valence-electron chi connectivity index (χ4n) is 4.41. The molecule has 1 amide bonds. The minimum absolute atomic E-state index is 0.0209. The molecular formula is C23H23N3O3S. The lowest BCUT2D eigenvalue weighted by molar-refractivity contribution is 0.0957. The summed E-state index contributed by atoms with van der Waals surface area (Å²) in [6.45, 7) is 1.18. The largest absolute Gasteiger partial charge is 0.376 e. The summed E-state index contributed by atoms with van der Waals surface area (Å²) in [6.07, 6.45) is 5.29. The second-order valence-electron chi connectivity index (χ2n) is 8.03. The van der Waals surface area contributed by atoms with Crippen LogP contribution in [0.25, 0.3) is 10.9 Å². The zero-order valence-corrected chi connectivity index (χ0v) is 17.4. The maximum Gasteiger partial charge on any atom is 0.262 e. The quantitative estimate of drug-likeness (QED) is 0.625. The minimum Gasteiger partial charge on any atom is -0.376 e. The Bertz CT molecular complexity index is 1250. The Labute approximate surface area is 178 Å². The van der Waals surface area contributed by atoms with Gasteiger partial charge in [0.05, 0.1) is 23.6 Å². The highest BCUT2D eigenvalue weighted by molar-refractivity contribution is 7.71. The molecule has 3 aromatic rings. The molecule has 1 aromatic heterocycles.